The number of nitrogens with one attached hydrogen (secondary N) is 1. The molecule has 0 bridgehead atoms. The first kappa shape index (κ1) is 28.2. The van der Waals surface area contributed by atoms with Crippen molar-refractivity contribution in [1.82, 2.24) is 10.2 Å². The number of halogens is 2. The molecule has 1 amide bonds. The molecule has 1 aliphatic carbocycles. The molecule has 196 valence electrons. The van der Waals surface area contributed by atoms with Gasteiger partial charge in [0.2, 0.25) is 5.91 Å². The summed E-state index contributed by atoms with van der Waals surface area (Å²) in [6, 6.07) is 8.51. The van der Waals surface area contributed by atoms with Gasteiger partial charge < -0.3 is 24.8 Å². The predicted molar refractivity (Wildman–Crippen MR) is 137 cm³/mol. The summed E-state index contributed by atoms with van der Waals surface area (Å²) in [5.74, 6) is -1.21. The minimum absolute atomic E-state index is 0.204. The summed E-state index contributed by atoms with van der Waals surface area (Å²) >= 11 is 13.2. The summed E-state index contributed by atoms with van der Waals surface area (Å²) in [6.07, 6.45) is 2.03. The van der Waals surface area contributed by atoms with Crippen molar-refractivity contribution in [3.05, 3.63) is 35.9 Å². The first-order valence-electron chi connectivity index (χ1n) is 12.6. The number of aliphatic hydroxyl groups excluding tert-OH is 1. The first-order chi connectivity index (χ1) is 16.8. The fourth-order valence-corrected chi connectivity index (χ4v) is 5.80. The lowest BCUT2D eigenvalue weighted by atomic mass is 9.83. The van der Waals surface area contributed by atoms with Crippen molar-refractivity contribution in [3.8, 4) is 0 Å². The second kappa shape index (κ2) is 13.8. The minimum Gasteiger partial charge on any atom is -0.464 e. The monoisotopic (exact) mass is 528 g/mol. The molecule has 0 spiro atoms. The predicted octanol–water partition coefficient (Wildman–Crippen LogP) is 2.99. The lowest BCUT2D eigenvalue weighted by Gasteiger charge is -2.40. The van der Waals surface area contributed by atoms with E-state index in [0.29, 0.717) is 12.5 Å². The van der Waals surface area contributed by atoms with Crippen molar-refractivity contribution >= 4 is 35.1 Å². The molecule has 35 heavy (non-hydrogen) atoms. The third-order valence-electron chi connectivity index (χ3n) is 7.07. The maximum atomic E-state index is 13.1. The summed E-state index contributed by atoms with van der Waals surface area (Å²) < 4.78 is 11.2. The molecule has 7 nitrogen and oxygen atoms in total. The molecule has 1 aromatic rings. The Labute approximate surface area is 218 Å². The van der Waals surface area contributed by atoms with Crippen LogP contribution in [-0.2, 0) is 25.5 Å². The number of alkyl halides is 2. The van der Waals surface area contributed by atoms with Crippen LogP contribution < -0.4 is 5.32 Å². The van der Waals surface area contributed by atoms with Crippen LogP contribution in [0.2, 0.25) is 0 Å². The van der Waals surface area contributed by atoms with Gasteiger partial charge in [0, 0.05) is 13.0 Å². The minimum atomic E-state index is -1.14. The normalized spacial score (nSPS) is 28.9. The van der Waals surface area contributed by atoms with E-state index in [-0.39, 0.29) is 19.4 Å². The van der Waals surface area contributed by atoms with E-state index in [0.717, 1.165) is 37.9 Å². The van der Waals surface area contributed by atoms with Crippen molar-refractivity contribution in [3.63, 3.8) is 0 Å². The van der Waals surface area contributed by atoms with Crippen molar-refractivity contribution in [2.75, 3.05) is 33.4 Å². The third kappa shape index (κ3) is 8.05. The van der Waals surface area contributed by atoms with Gasteiger partial charge in [-0.3, -0.25) is 4.79 Å². The number of piperidine rings is 1. The van der Waals surface area contributed by atoms with Gasteiger partial charge in [0.1, 0.15) is 6.04 Å². The van der Waals surface area contributed by atoms with Crippen LogP contribution in [0.1, 0.15) is 38.2 Å². The zero-order valence-corrected chi connectivity index (χ0v) is 22.1. The second-order valence-electron chi connectivity index (χ2n) is 9.67. The van der Waals surface area contributed by atoms with E-state index in [9.17, 15) is 14.7 Å². The zero-order valence-electron chi connectivity index (χ0n) is 20.6. The van der Waals surface area contributed by atoms with Crippen LogP contribution >= 0.6 is 23.2 Å². The highest BCUT2D eigenvalue weighted by Crippen LogP contribution is 2.35. The van der Waals surface area contributed by atoms with Gasteiger partial charge >= 0.3 is 5.97 Å². The molecule has 1 aliphatic heterocycles. The number of carbonyl (C=O) groups excluding carboxylic acids is 2. The number of nitrogens with zero attached hydrogens (tertiary/aromatic N) is 1. The molecule has 1 saturated heterocycles. The number of rotatable bonds is 10. The van der Waals surface area contributed by atoms with Gasteiger partial charge in [0.25, 0.3) is 0 Å². The summed E-state index contributed by atoms with van der Waals surface area (Å²) in [6.45, 7) is 4.63. The second-order valence-corrected chi connectivity index (χ2v) is 10.7. The maximum Gasteiger partial charge on any atom is 0.328 e. The van der Waals surface area contributed by atoms with Gasteiger partial charge in [-0.25, -0.2) is 4.79 Å². The highest BCUT2D eigenvalue weighted by atomic mass is 35.5. The van der Waals surface area contributed by atoms with Crippen molar-refractivity contribution in [1.29, 1.82) is 0 Å². The van der Waals surface area contributed by atoms with Gasteiger partial charge in [-0.2, -0.15) is 0 Å². The SMILES string of the molecule is CCOC(=O)[C@@H](Cc1ccccc1)NC(=O)C1CC(Cl)C(OCCC2CCN(C)CC2)C(Cl)C1O. The average molecular weight is 530 g/mol. The largest absolute Gasteiger partial charge is 0.464 e. The fourth-order valence-electron chi connectivity index (χ4n) is 4.88. The molecule has 2 N–H and O–H groups in total. The Bertz CT molecular complexity index is 806. The Kier molecular flexibility index (Phi) is 11.1. The van der Waals surface area contributed by atoms with Crippen LogP contribution in [0, 0.1) is 11.8 Å². The molecule has 9 heteroatoms. The number of likely N-dealkylation sites (tertiary alicyclic amines) is 1. The van der Waals surface area contributed by atoms with Crippen LogP contribution in [0.5, 0.6) is 0 Å². The van der Waals surface area contributed by atoms with Gasteiger partial charge in [-0.15, -0.1) is 23.2 Å². The summed E-state index contributed by atoms with van der Waals surface area (Å²) in [7, 11) is 2.13. The van der Waals surface area contributed by atoms with Crippen LogP contribution in [0.3, 0.4) is 0 Å². The van der Waals surface area contributed by atoms with Gasteiger partial charge in [0.05, 0.1) is 35.5 Å². The molecular weight excluding hydrogens is 491 g/mol. The van der Waals surface area contributed by atoms with Crippen LogP contribution in [0.4, 0.5) is 0 Å². The Hall–Kier alpha value is -1.38. The van der Waals surface area contributed by atoms with Gasteiger partial charge in [-0.05, 0) is 64.2 Å². The number of hydrogen-bond acceptors (Lipinski definition) is 6. The van der Waals surface area contributed by atoms with Crippen molar-refractivity contribution in [2.45, 2.75) is 68.0 Å². The lowest BCUT2D eigenvalue weighted by Crippen LogP contribution is -2.56. The molecule has 0 radical (unpaired) electrons. The molecule has 2 fully saturated rings. The third-order valence-corrected chi connectivity index (χ3v) is 8.00. The summed E-state index contributed by atoms with van der Waals surface area (Å²) in [4.78, 5) is 28.0. The van der Waals surface area contributed by atoms with Crippen molar-refractivity contribution < 1.29 is 24.2 Å². The van der Waals surface area contributed by atoms with Crippen LogP contribution in [0.15, 0.2) is 30.3 Å². The van der Waals surface area contributed by atoms with E-state index in [4.69, 9.17) is 32.7 Å². The topological polar surface area (TPSA) is 88.1 Å². The number of carbonyl (C=O) groups is 2. The van der Waals surface area contributed by atoms with Gasteiger partial charge in [0.15, 0.2) is 0 Å². The molecule has 6 atom stereocenters. The summed E-state index contributed by atoms with van der Waals surface area (Å²) in [5, 5.41) is 12.3. The average Bonchev–Trinajstić information content (AvgIpc) is 2.85. The molecule has 1 saturated carbocycles. The Morgan fingerprint density at radius 3 is 2.54 bits per heavy atom. The van der Waals surface area contributed by atoms with E-state index in [2.05, 4.69) is 17.3 Å². The smallest absolute Gasteiger partial charge is 0.328 e. The van der Waals surface area contributed by atoms with Gasteiger partial charge in [-0.1, -0.05) is 30.3 Å². The number of ether oxygens (including phenoxy) is 2. The van der Waals surface area contributed by atoms with E-state index >= 15 is 0 Å². The molecule has 1 aromatic carbocycles. The van der Waals surface area contributed by atoms with E-state index in [1.54, 1.807) is 6.92 Å². The molecule has 0 aromatic heterocycles. The lowest BCUT2D eigenvalue weighted by molar-refractivity contribution is -0.149. The Balaban J connectivity index is 1.55. The summed E-state index contributed by atoms with van der Waals surface area (Å²) in [5.41, 5.74) is 0.888. The number of benzene rings is 1. The Morgan fingerprint density at radius 2 is 1.89 bits per heavy atom. The van der Waals surface area contributed by atoms with Crippen LogP contribution in [0.25, 0.3) is 0 Å². The highest BCUT2D eigenvalue weighted by molar-refractivity contribution is 6.25. The fraction of sp³-hybridized carbons (Fsp3) is 0.692. The standard InChI is InChI=1S/C26H38Cl2N2O5/c1-3-34-26(33)21(15-18-7-5-4-6-8-18)29-25(32)19-16-20(27)24(22(28)23(19)31)35-14-11-17-9-12-30(2)13-10-17/h4-8,17,19-24,31H,3,9-16H2,1-2H3,(H,29,32)/t19?,20?,21-,22?,23?,24?/m1/s1. The number of esters is 1. The Morgan fingerprint density at radius 1 is 1.20 bits per heavy atom. The maximum absolute atomic E-state index is 13.1. The number of amides is 1. The van der Waals surface area contributed by atoms with E-state index in [1.165, 1.54) is 0 Å². The highest BCUT2D eigenvalue weighted by Gasteiger charge is 2.46. The molecule has 3 rings (SSSR count). The molecule has 2 aliphatic rings. The van der Waals surface area contributed by atoms with E-state index in [1.807, 2.05) is 30.3 Å². The van der Waals surface area contributed by atoms with E-state index < -0.39 is 46.8 Å². The van der Waals surface area contributed by atoms with Crippen LogP contribution in [-0.4, -0.2) is 84.2 Å². The van der Waals surface area contributed by atoms with Crippen molar-refractivity contribution in [2.24, 2.45) is 11.8 Å². The number of aliphatic hydroxyl groups is 1. The molecule has 1 heterocycles. The zero-order chi connectivity index (χ0) is 25.4. The molecular formula is C26H38Cl2N2O5. The quantitative estimate of drug-likeness (QED) is 0.358. The first-order valence-corrected chi connectivity index (χ1v) is 13.4. The number of hydrogen-bond donors (Lipinski definition) is 2. The molecule has 5 unspecified atom stereocenters.